The van der Waals surface area contributed by atoms with Crippen molar-refractivity contribution in [3.05, 3.63) is 47.5 Å². The number of aromatic hydroxyl groups is 1. The number of rotatable bonds is 4. The molecule has 0 aliphatic heterocycles. The fourth-order valence-electron chi connectivity index (χ4n) is 2.98. The summed E-state index contributed by atoms with van der Waals surface area (Å²) in [7, 11) is -10.4. The normalized spacial score (nSPS) is 11.9. The Kier molecular flexibility index (Phi) is 9.48. The Balaban J connectivity index is 0.00000256. The van der Waals surface area contributed by atoms with Gasteiger partial charge in [0.25, 0.3) is 0 Å². The van der Waals surface area contributed by atoms with Crippen molar-refractivity contribution in [2.45, 2.75) is 23.6 Å². The number of hydrogen-bond acceptors (Lipinski definition) is 10. The van der Waals surface area contributed by atoms with E-state index in [1.54, 1.807) is 19.1 Å². The van der Waals surface area contributed by atoms with Gasteiger partial charge >= 0.3 is 59.1 Å². The van der Waals surface area contributed by atoms with E-state index in [0.29, 0.717) is 11.8 Å². The van der Waals surface area contributed by atoms with Crippen LogP contribution in [0, 0.1) is 13.8 Å². The molecule has 3 rings (SSSR count). The number of nitrogens with two attached hydrogens (primary N) is 1. The summed E-state index contributed by atoms with van der Waals surface area (Å²) in [4.78, 5) is -2.14. The number of nitrogens with zero attached hydrogens (tertiary/aromatic N) is 2. The zero-order valence-corrected chi connectivity index (χ0v) is 23.3. The molecule has 0 radical (unpaired) electrons. The van der Waals surface area contributed by atoms with Gasteiger partial charge in [-0.15, -0.1) is 5.11 Å². The third-order valence-corrected chi connectivity index (χ3v) is 6.13. The van der Waals surface area contributed by atoms with E-state index < -0.39 is 46.9 Å². The summed E-state index contributed by atoms with van der Waals surface area (Å²) in [5, 5.41) is 17.7. The first-order valence-electron chi connectivity index (χ1n) is 8.29. The van der Waals surface area contributed by atoms with E-state index in [1.807, 2.05) is 13.0 Å². The third kappa shape index (κ3) is 5.89. The number of benzene rings is 3. The van der Waals surface area contributed by atoms with Crippen molar-refractivity contribution >= 4 is 48.1 Å². The van der Waals surface area contributed by atoms with Crippen LogP contribution >= 0.6 is 0 Å². The van der Waals surface area contributed by atoms with Crippen LogP contribution in [0.4, 0.5) is 17.1 Å². The molecular weight excluding hydrogens is 480 g/mol. The molecule has 3 aromatic rings. The van der Waals surface area contributed by atoms with Crippen LogP contribution in [0.3, 0.4) is 0 Å². The molecule has 0 unspecified atom stereocenters. The topological polar surface area (TPSA) is 185 Å². The van der Waals surface area contributed by atoms with Crippen molar-refractivity contribution in [2.75, 3.05) is 5.73 Å². The van der Waals surface area contributed by atoms with Gasteiger partial charge < -0.3 is 19.9 Å². The fourth-order valence-corrected chi connectivity index (χ4v) is 4.39. The summed E-state index contributed by atoms with van der Waals surface area (Å²) < 4.78 is 69.3. The second-order valence-corrected chi connectivity index (χ2v) is 9.24. The number of fused-ring (bicyclic) bond motifs is 1. The van der Waals surface area contributed by atoms with Crippen LogP contribution in [0.5, 0.6) is 5.75 Å². The van der Waals surface area contributed by atoms with E-state index in [9.17, 15) is 31.0 Å². The maximum Gasteiger partial charge on any atom is 1.00 e. The van der Waals surface area contributed by atoms with E-state index >= 15 is 0 Å². The van der Waals surface area contributed by atoms with Gasteiger partial charge in [0.1, 0.15) is 25.9 Å². The van der Waals surface area contributed by atoms with Gasteiger partial charge in [-0.2, -0.15) is 5.11 Å². The van der Waals surface area contributed by atoms with Crippen molar-refractivity contribution in [1.29, 1.82) is 0 Å². The third-order valence-electron chi connectivity index (χ3n) is 4.38. The molecule has 3 aromatic carbocycles. The van der Waals surface area contributed by atoms with Crippen LogP contribution in [-0.4, -0.2) is 31.0 Å². The second kappa shape index (κ2) is 10.5. The molecule has 0 atom stereocenters. The van der Waals surface area contributed by atoms with Crippen molar-refractivity contribution in [3.8, 4) is 5.75 Å². The molecule has 0 amide bonds. The van der Waals surface area contributed by atoms with Crippen molar-refractivity contribution in [2.24, 2.45) is 10.2 Å². The van der Waals surface area contributed by atoms with Gasteiger partial charge in [-0.05, 0) is 37.6 Å². The first-order chi connectivity index (χ1) is 13.8. The number of phenolic OH excluding ortho intramolecular Hbond substituents is 1. The molecular formula is C18H15N3Na2O7S2. The van der Waals surface area contributed by atoms with Crippen LogP contribution < -0.4 is 64.8 Å². The Bertz CT molecular complexity index is 1440. The smallest absolute Gasteiger partial charge is 0.744 e. The first-order valence-corrected chi connectivity index (χ1v) is 11.1. The Morgan fingerprint density at radius 3 is 1.91 bits per heavy atom. The number of hydrogen-bond donors (Lipinski definition) is 2. The van der Waals surface area contributed by atoms with E-state index in [4.69, 9.17) is 5.73 Å². The number of aryl methyl sites for hydroxylation is 2. The summed E-state index contributed by atoms with van der Waals surface area (Å²) in [6.07, 6.45) is 0. The van der Waals surface area contributed by atoms with Gasteiger partial charge in [-0.25, -0.2) is 16.8 Å². The molecule has 0 bridgehead atoms. The number of nitrogen functional groups attached to an aromatic ring is 1. The van der Waals surface area contributed by atoms with Gasteiger partial charge in [-0.3, -0.25) is 0 Å². The van der Waals surface area contributed by atoms with Crippen LogP contribution in [0.1, 0.15) is 11.1 Å². The monoisotopic (exact) mass is 495 g/mol. The molecule has 3 N–H and O–H groups in total. The van der Waals surface area contributed by atoms with E-state index in [-0.39, 0.29) is 70.2 Å². The number of azo groups is 1. The average Bonchev–Trinajstić information content (AvgIpc) is 2.60. The Morgan fingerprint density at radius 1 is 0.844 bits per heavy atom. The maximum absolute atomic E-state index is 11.6. The van der Waals surface area contributed by atoms with Gasteiger partial charge in [0.15, 0.2) is 5.75 Å². The predicted molar refractivity (Wildman–Crippen MR) is 106 cm³/mol. The SMILES string of the molecule is Cc1ccc(N=Nc2ccc3c(S(=O)(=O)[O-])cc(S(=O)(=O)[O-])c(N)c3c2O)c(C)c1.[Na+].[Na+]. The van der Waals surface area contributed by atoms with Crippen molar-refractivity contribution in [3.63, 3.8) is 0 Å². The molecule has 10 nitrogen and oxygen atoms in total. The van der Waals surface area contributed by atoms with Gasteiger partial charge in [0.05, 0.1) is 26.6 Å². The van der Waals surface area contributed by atoms with Crippen molar-refractivity contribution < 1.29 is 90.2 Å². The van der Waals surface area contributed by atoms with Crippen LogP contribution in [0.2, 0.25) is 0 Å². The van der Waals surface area contributed by atoms with Crippen LogP contribution in [0.25, 0.3) is 10.8 Å². The minimum atomic E-state index is -5.25. The second-order valence-electron chi connectivity index (χ2n) is 6.54. The quantitative estimate of drug-likeness (QED) is 0.166. The molecule has 32 heavy (non-hydrogen) atoms. The minimum absolute atomic E-state index is 0. The van der Waals surface area contributed by atoms with E-state index in [2.05, 4.69) is 10.2 Å². The van der Waals surface area contributed by atoms with Crippen LogP contribution in [-0.2, 0) is 20.2 Å². The molecule has 0 aliphatic rings. The predicted octanol–water partition coefficient (Wildman–Crippen LogP) is -3.02. The molecule has 0 saturated heterocycles. The van der Waals surface area contributed by atoms with Gasteiger partial charge in [-0.1, -0.05) is 23.8 Å². The average molecular weight is 495 g/mol. The summed E-state index contributed by atoms with van der Waals surface area (Å²) in [5.41, 5.74) is 7.15. The minimum Gasteiger partial charge on any atom is -0.744 e. The van der Waals surface area contributed by atoms with Gasteiger partial charge in [0.2, 0.25) is 0 Å². The molecule has 0 fully saturated rings. The number of phenols is 1. The fraction of sp³-hybridized carbons (Fsp3) is 0.111. The largest absolute Gasteiger partial charge is 1.00 e. The number of anilines is 1. The molecule has 0 spiro atoms. The van der Waals surface area contributed by atoms with Crippen LogP contribution in [0.15, 0.2) is 56.4 Å². The van der Waals surface area contributed by atoms with E-state index in [0.717, 1.165) is 17.2 Å². The zero-order valence-electron chi connectivity index (χ0n) is 17.6. The Morgan fingerprint density at radius 2 is 1.38 bits per heavy atom. The zero-order chi connectivity index (χ0) is 22.4. The van der Waals surface area contributed by atoms with E-state index in [1.165, 1.54) is 6.07 Å². The Hall–Kier alpha value is -1.06. The Labute approximate surface area is 229 Å². The maximum atomic E-state index is 11.6. The molecule has 14 heteroatoms. The van der Waals surface area contributed by atoms with Crippen molar-refractivity contribution in [1.82, 2.24) is 0 Å². The summed E-state index contributed by atoms with van der Waals surface area (Å²) in [6.45, 7) is 3.70. The standard InChI is InChI=1S/C18H17N3O7S2.2Na/c1-9-3-5-12(10(2)7-9)20-21-13-6-4-11-14(29(23,24)25)8-15(30(26,27)28)17(19)16(11)18(13)22;;/h3-8,22H,19H2,1-2H3,(H,23,24,25)(H,26,27,28);;/q;2*+1/p-2. The summed E-state index contributed by atoms with van der Waals surface area (Å²) in [5.74, 6) is -0.728. The molecule has 158 valence electrons. The van der Waals surface area contributed by atoms with Gasteiger partial charge in [0, 0.05) is 5.39 Å². The molecule has 0 aromatic heterocycles. The summed E-state index contributed by atoms with van der Waals surface area (Å²) >= 11 is 0. The first kappa shape index (κ1) is 29.0. The molecule has 0 heterocycles. The summed E-state index contributed by atoms with van der Waals surface area (Å²) in [6, 6.07) is 8.06. The molecule has 0 saturated carbocycles. The molecule has 0 aliphatic carbocycles.